The Morgan fingerprint density at radius 2 is 1.20 bits per heavy atom. The molecule has 0 radical (unpaired) electrons. The minimum absolute atomic E-state index is 0. The maximum Gasteiger partial charge on any atom is 0.140 e. The van der Waals surface area contributed by atoms with Gasteiger partial charge < -0.3 is 14.1 Å². The van der Waals surface area contributed by atoms with Gasteiger partial charge in [0.25, 0.3) is 0 Å². The summed E-state index contributed by atoms with van der Waals surface area (Å²) in [4.78, 5) is 10.2. The van der Waals surface area contributed by atoms with E-state index in [0.29, 0.717) is 17.1 Å². The van der Waals surface area contributed by atoms with Gasteiger partial charge in [-0.15, -0.1) is 12.1 Å². The molecule has 0 saturated heterocycles. The third kappa shape index (κ3) is 5.71. The molecule has 0 saturated carbocycles. The van der Waals surface area contributed by atoms with Crippen LogP contribution in [0.2, 0.25) is 0 Å². The van der Waals surface area contributed by atoms with Gasteiger partial charge >= 0.3 is 0 Å². The Morgan fingerprint density at radius 1 is 0.574 bits per heavy atom. The van der Waals surface area contributed by atoms with Gasteiger partial charge in [0.15, 0.2) is 0 Å². The zero-order valence-electron chi connectivity index (χ0n) is 28.8. The first kappa shape index (κ1) is 33.3. The van der Waals surface area contributed by atoms with Crippen molar-refractivity contribution in [1.29, 1.82) is 0 Å². The third-order valence-electron chi connectivity index (χ3n) is 9.87. The molecule has 5 nitrogen and oxygen atoms in total. The molecule has 0 atom stereocenters. The van der Waals surface area contributed by atoms with Crippen molar-refractivity contribution in [3.63, 3.8) is 0 Å². The van der Waals surface area contributed by atoms with E-state index < -0.39 is 0 Å². The topological polar surface area (TPSA) is 64.1 Å². The van der Waals surface area contributed by atoms with Crippen molar-refractivity contribution in [3.8, 4) is 67.6 Å². The molecule has 0 aliphatic carbocycles. The molecule has 10 aromatic rings. The van der Waals surface area contributed by atoms with Crippen LogP contribution in [0.15, 0.2) is 181 Å². The van der Waals surface area contributed by atoms with Crippen LogP contribution in [-0.2, 0) is 21.1 Å². The van der Waals surface area contributed by atoms with Crippen LogP contribution in [0, 0.1) is 6.07 Å². The normalized spacial score (nSPS) is 11.3. The summed E-state index contributed by atoms with van der Waals surface area (Å²) in [5.41, 5.74) is 10.3. The monoisotopic (exact) mass is 875 g/mol. The van der Waals surface area contributed by atoms with E-state index in [4.69, 9.17) is 14.4 Å². The molecule has 6 heteroatoms. The van der Waals surface area contributed by atoms with Crippen molar-refractivity contribution in [2.45, 2.75) is 0 Å². The van der Waals surface area contributed by atoms with E-state index in [1.54, 1.807) is 6.07 Å². The van der Waals surface area contributed by atoms with Gasteiger partial charge in [0, 0.05) is 61.4 Å². The van der Waals surface area contributed by atoms with E-state index in [-0.39, 0.29) is 26.8 Å². The van der Waals surface area contributed by atoms with Crippen LogP contribution < -0.4 is 0 Å². The number of aromatic hydroxyl groups is 1. The molecule has 7 aromatic carbocycles. The number of benzene rings is 7. The number of para-hydroxylation sites is 3. The minimum Gasteiger partial charge on any atom is -0.507 e. The van der Waals surface area contributed by atoms with Crippen molar-refractivity contribution >= 4 is 32.7 Å². The summed E-state index contributed by atoms with van der Waals surface area (Å²) in [5.74, 6) is 0.750. The van der Waals surface area contributed by atoms with E-state index in [9.17, 15) is 5.11 Å². The average Bonchev–Trinajstić information content (AvgIpc) is 3.83. The van der Waals surface area contributed by atoms with Gasteiger partial charge in [0.2, 0.25) is 0 Å². The number of phenols is 1. The van der Waals surface area contributed by atoms with Crippen molar-refractivity contribution in [3.05, 3.63) is 182 Å². The fourth-order valence-electron chi connectivity index (χ4n) is 7.34. The SMILES string of the molecule is Oc1ccccc1-c1nc(-c2[c-]c(-c3cc4ccccc4cn3)c3oc4ccccc4c3c2)cn1-c1c(-c2ccccc2)cccc1-c1ccccc1.[Pt]. The summed E-state index contributed by atoms with van der Waals surface area (Å²) in [6.45, 7) is 0. The number of hydrogen-bond donors (Lipinski definition) is 1. The molecule has 0 fully saturated rings. The summed E-state index contributed by atoms with van der Waals surface area (Å²) < 4.78 is 8.64. The van der Waals surface area contributed by atoms with Gasteiger partial charge in [0.1, 0.15) is 17.2 Å². The number of fused-ring (bicyclic) bond motifs is 4. The number of furan rings is 1. The molecule has 0 aliphatic rings. The molecule has 0 spiro atoms. The molecule has 3 heterocycles. The van der Waals surface area contributed by atoms with E-state index in [1.807, 2.05) is 66.9 Å². The first-order chi connectivity index (χ1) is 26.2. The molecule has 54 heavy (non-hydrogen) atoms. The molecule has 260 valence electrons. The first-order valence-corrected chi connectivity index (χ1v) is 17.5. The molecule has 1 N–H and O–H groups in total. The Balaban J connectivity index is 0.00000384. The van der Waals surface area contributed by atoms with Gasteiger partial charge in [-0.2, -0.15) is 0 Å². The number of aromatic nitrogens is 3. The van der Waals surface area contributed by atoms with Gasteiger partial charge in [-0.25, -0.2) is 0 Å². The van der Waals surface area contributed by atoms with Gasteiger partial charge in [-0.05, 0) is 45.5 Å². The first-order valence-electron chi connectivity index (χ1n) is 17.5. The van der Waals surface area contributed by atoms with Crippen LogP contribution in [0.25, 0.3) is 94.6 Å². The molecule has 10 rings (SSSR count). The van der Waals surface area contributed by atoms with Crippen LogP contribution in [0.3, 0.4) is 0 Å². The number of rotatable bonds is 6. The van der Waals surface area contributed by atoms with Gasteiger partial charge in [0.05, 0.1) is 16.8 Å². The molecule has 0 aliphatic heterocycles. The maximum absolute atomic E-state index is 11.3. The fourth-order valence-corrected chi connectivity index (χ4v) is 7.34. The minimum atomic E-state index is 0. The van der Waals surface area contributed by atoms with E-state index in [1.165, 1.54) is 0 Å². The largest absolute Gasteiger partial charge is 0.507 e. The smallest absolute Gasteiger partial charge is 0.140 e. The summed E-state index contributed by atoms with van der Waals surface area (Å²) in [5, 5.41) is 15.4. The number of imidazole rings is 1. The number of nitrogens with zero attached hydrogens (tertiary/aromatic N) is 3. The third-order valence-corrected chi connectivity index (χ3v) is 9.87. The van der Waals surface area contributed by atoms with Crippen LogP contribution in [0.4, 0.5) is 0 Å². The summed E-state index contributed by atoms with van der Waals surface area (Å²) >= 11 is 0. The van der Waals surface area contributed by atoms with Crippen LogP contribution in [0.1, 0.15) is 0 Å². The Bertz CT molecular complexity index is 2910. The molecular formula is C48H30N3O2Pt-. The Morgan fingerprint density at radius 3 is 1.94 bits per heavy atom. The van der Waals surface area contributed by atoms with E-state index in [2.05, 4.69) is 114 Å². The van der Waals surface area contributed by atoms with E-state index in [0.717, 1.165) is 77.5 Å². The van der Waals surface area contributed by atoms with Gasteiger partial charge in [-0.1, -0.05) is 151 Å². The van der Waals surface area contributed by atoms with E-state index >= 15 is 0 Å². The fraction of sp³-hybridized carbons (Fsp3) is 0. The van der Waals surface area contributed by atoms with Crippen LogP contribution in [0.5, 0.6) is 5.75 Å². The van der Waals surface area contributed by atoms with Crippen molar-refractivity contribution in [2.24, 2.45) is 0 Å². The zero-order chi connectivity index (χ0) is 35.3. The van der Waals surface area contributed by atoms with Crippen molar-refractivity contribution in [1.82, 2.24) is 14.5 Å². The quantitative estimate of drug-likeness (QED) is 0.169. The molecule has 0 bridgehead atoms. The molecular weight excluding hydrogens is 846 g/mol. The second-order valence-corrected chi connectivity index (χ2v) is 13.1. The standard InChI is InChI=1S/C48H30N3O2.Pt/c52-44-24-11-9-21-39(44)48-50-43(30-51(48)46-36(31-14-3-1-4-15-31)22-13-23-37(46)32-16-5-2-6-17-32)35-26-40-38-20-10-12-25-45(38)53-47(40)41(27-35)42-28-33-18-7-8-19-34(33)29-49-42;/h1-26,28-30,52H;/q-1;. The number of hydrogen-bond acceptors (Lipinski definition) is 4. The average molecular weight is 876 g/mol. The number of pyridine rings is 1. The molecule has 0 unspecified atom stereocenters. The van der Waals surface area contributed by atoms with Crippen LogP contribution in [-0.4, -0.2) is 19.6 Å². The summed E-state index contributed by atoms with van der Waals surface area (Å²) in [6.07, 6.45) is 3.96. The second-order valence-electron chi connectivity index (χ2n) is 13.1. The summed E-state index contributed by atoms with van der Waals surface area (Å²) in [7, 11) is 0. The predicted molar refractivity (Wildman–Crippen MR) is 214 cm³/mol. The number of phenolic OH excluding ortho intramolecular Hbond substituents is 1. The van der Waals surface area contributed by atoms with Gasteiger partial charge in [-0.3, -0.25) is 9.97 Å². The Kier molecular flexibility index (Phi) is 8.49. The molecule has 3 aromatic heterocycles. The Labute approximate surface area is 326 Å². The zero-order valence-corrected chi connectivity index (χ0v) is 31.0. The summed E-state index contributed by atoms with van der Waals surface area (Å²) in [6, 6.07) is 58.7. The van der Waals surface area contributed by atoms with Crippen molar-refractivity contribution < 1.29 is 30.6 Å². The predicted octanol–water partition coefficient (Wildman–Crippen LogP) is 12.2. The maximum atomic E-state index is 11.3. The van der Waals surface area contributed by atoms with Crippen LogP contribution >= 0.6 is 0 Å². The Hall–Kier alpha value is -6.55. The van der Waals surface area contributed by atoms with Crippen molar-refractivity contribution in [2.75, 3.05) is 0 Å². The molecule has 0 amide bonds. The second kappa shape index (κ2) is 13.8.